The molecule has 4 amide bonds. The van der Waals surface area contributed by atoms with Gasteiger partial charge in [-0.1, -0.05) is 252 Å². The lowest BCUT2D eigenvalue weighted by Gasteiger charge is -2.35. The summed E-state index contributed by atoms with van der Waals surface area (Å²) in [6, 6.07) is 60.5. The highest BCUT2D eigenvalue weighted by atomic mass is 16.7. The molecular formula is C91H84N2O6. The highest BCUT2D eigenvalue weighted by Gasteiger charge is 2.40. The van der Waals surface area contributed by atoms with Crippen LogP contribution in [0.2, 0.25) is 0 Å². The molecule has 0 spiro atoms. The number of hydrogen-bond acceptors (Lipinski definition) is 6. The number of imide groups is 2. The van der Waals surface area contributed by atoms with E-state index < -0.39 is 0 Å². The molecule has 0 unspecified atom stereocenters. The van der Waals surface area contributed by atoms with Gasteiger partial charge >= 0.3 is 0 Å². The summed E-state index contributed by atoms with van der Waals surface area (Å²) in [5.74, 6) is 0.913. The number of carbonyl (C=O) groups is 4. The van der Waals surface area contributed by atoms with Crippen LogP contribution >= 0.6 is 0 Å². The molecule has 8 nitrogen and oxygen atoms in total. The Labute approximate surface area is 578 Å². The highest BCUT2D eigenvalue weighted by Crippen LogP contribution is 2.52. The molecule has 99 heavy (non-hydrogen) atoms. The van der Waals surface area contributed by atoms with E-state index in [0.717, 1.165) is 270 Å². The topological polar surface area (TPSA) is 93.2 Å². The van der Waals surface area contributed by atoms with E-state index in [1.54, 1.807) is 9.80 Å². The first-order valence-electron chi connectivity index (χ1n) is 37.2. The third kappa shape index (κ3) is 10.1. The predicted molar refractivity (Wildman–Crippen MR) is 410 cm³/mol. The van der Waals surface area contributed by atoms with Crippen molar-refractivity contribution in [1.29, 1.82) is 0 Å². The molecule has 0 aliphatic carbocycles. The minimum Gasteiger partial charge on any atom is -0.457 e. The standard InChI is InChI=1S/C91H84N2O6/c1-5-9-13-17-23-58(24-18-14-10-6-2)92-88(94)74-45-41-70-66-29-21-27-64-60(37-39-68(80(64)66)72-43-47-76(90(92)96)84(74)82(70)72)54-31-35-62-56(51-54)33-49-78-86(62)87-63-36-32-55(52-57(63)34-50-79(87)99-53-98-78)61-38-40-69-73-44-48-77-85-75(46-42-71(83(73)85)67-30-22-28-65(61)81(67)69)89(95)93(91(77)97)59(25-19-15-11-7-3)26-20-16-12-8-4/h21-22,27-52,58-59H,5-20,23-26,53H2,1-4H3. The number of hydrogen-bond donors (Lipinski definition) is 0. The van der Waals surface area contributed by atoms with Gasteiger partial charge < -0.3 is 9.47 Å². The van der Waals surface area contributed by atoms with Crippen LogP contribution in [0.4, 0.5) is 0 Å². The molecule has 14 aromatic carbocycles. The minimum absolute atomic E-state index is 0.0846. The summed E-state index contributed by atoms with van der Waals surface area (Å²) in [6.45, 7) is 8.96. The molecule has 3 heterocycles. The van der Waals surface area contributed by atoms with Crippen LogP contribution in [0.1, 0.15) is 198 Å². The number of benzene rings is 14. The fourth-order valence-electron chi connectivity index (χ4n) is 18.1. The number of unbranched alkanes of at least 4 members (excludes halogenated alkanes) is 12. The third-order valence-electron chi connectivity index (χ3n) is 22.9. The summed E-state index contributed by atoms with van der Waals surface area (Å²) in [6.07, 6.45) is 21.1. The van der Waals surface area contributed by atoms with Gasteiger partial charge in [0.1, 0.15) is 11.5 Å². The second-order valence-corrected chi connectivity index (χ2v) is 28.7. The summed E-state index contributed by atoms with van der Waals surface area (Å²) in [5.41, 5.74) is 8.95. The maximum absolute atomic E-state index is 14.9. The zero-order chi connectivity index (χ0) is 67.2. The molecule has 0 bridgehead atoms. The summed E-state index contributed by atoms with van der Waals surface area (Å²) >= 11 is 0. The molecule has 17 rings (SSSR count). The summed E-state index contributed by atoms with van der Waals surface area (Å²) in [5, 5.41) is 21.1. The molecule has 0 saturated heterocycles. The monoisotopic (exact) mass is 1300 g/mol. The number of rotatable bonds is 24. The lowest BCUT2D eigenvalue weighted by Crippen LogP contribution is -2.47. The van der Waals surface area contributed by atoms with Crippen molar-refractivity contribution in [3.63, 3.8) is 0 Å². The van der Waals surface area contributed by atoms with Crippen LogP contribution in [0.15, 0.2) is 170 Å². The van der Waals surface area contributed by atoms with Crippen LogP contribution in [-0.4, -0.2) is 52.3 Å². The molecule has 0 radical (unpaired) electrons. The van der Waals surface area contributed by atoms with Gasteiger partial charge in [-0.15, -0.1) is 0 Å². The SMILES string of the molecule is CCCCCCC(CCCCCC)N1C(=O)c2ccc3c4cccc5c(-c6ccc7c8c(ccc7c6)OCOc6ccc7cc(-c9ccc%10c%11ccc%12c%13c(ccc(c%14cccc9c%14%10)c%13%11)C(=O)N(C(CCCCCC)CCCCCC)C%12=O)ccc7c6-8)ccc(c6ccc(c2c36)C1=O)c54. The lowest BCUT2D eigenvalue weighted by molar-refractivity contribution is 0.0501. The minimum atomic E-state index is -0.155. The molecule has 0 saturated carbocycles. The first kappa shape index (κ1) is 62.6. The van der Waals surface area contributed by atoms with Crippen molar-refractivity contribution >= 4 is 131 Å². The molecule has 0 fully saturated rings. The van der Waals surface area contributed by atoms with Crippen molar-refractivity contribution in [2.75, 3.05) is 6.79 Å². The normalized spacial score (nSPS) is 14.0. The Morgan fingerprint density at radius 1 is 0.293 bits per heavy atom. The molecule has 14 aromatic rings. The van der Waals surface area contributed by atoms with E-state index in [9.17, 15) is 19.2 Å². The summed E-state index contributed by atoms with van der Waals surface area (Å²) in [7, 11) is 0. The molecule has 3 aliphatic rings. The van der Waals surface area contributed by atoms with Gasteiger partial charge in [0.2, 0.25) is 6.79 Å². The van der Waals surface area contributed by atoms with Gasteiger partial charge in [0.25, 0.3) is 23.6 Å². The zero-order valence-electron chi connectivity index (χ0n) is 57.5. The van der Waals surface area contributed by atoms with Crippen LogP contribution in [0.3, 0.4) is 0 Å². The number of nitrogens with zero attached hydrogens (tertiary/aromatic N) is 2. The molecule has 3 aliphatic heterocycles. The van der Waals surface area contributed by atoms with Crippen LogP contribution in [-0.2, 0) is 0 Å². The summed E-state index contributed by atoms with van der Waals surface area (Å²) in [4.78, 5) is 62.7. The van der Waals surface area contributed by atoms with Crippen LogP contribution in [0.25, 0.3) is 141 Å². The summed E-state index contributed by atoms with van der Waals surface area (Å²) < 4.78 is 12.9. The van der Waals surface area contributed by atoms with Gasteiger partial charge in [0.15, 0.2) is 0 Å². The van der Waals surface area contributed by atoms with Gasteiger partial charge in [-0.2, -0.15) is 0 Å². The van der Waals surface area contributed by atoms with Crippen molar-refractivity contribution in [2.24, 2.45) is 0 Å². The van der Waals surface area contributed by atoms with E-state index in [4.69, 9.17) is 9.47 Å². The van der Waals surface area contributed by atoms with Crippen LogP contribution < -0.4 is 9.47 Å². The smallest absolute Gasteiger partial charge is 0.261 e. The Morgan fingerprint density at radius 3 is 0.939 bits per heavy atom. The Balaban J connectivity index is 0.713. The van der Waals surface area contributed by atoms with Crippen molar-refractivity contribution < 1.29 is 28.7 Å². The van der Waals surface area contributed by atoms with Crippen molar-refractivity contribution in [2.45, 2.75) is 168 Å². The van der Waals surface area contributed by atoms with Gasteiger partial charge in [-0.3, -0.25) is 29.0 Å². The van der Waals surface area contributed by atoms with E-state index in [-0.39, 0.29) is 42.5 Å². The third-order valence-corrected chi connectivity index (χ3v) is 22.9. The van der Waals surface area contributed by atoms with Crippen molar-refractivity contribution in [3.05, 3.63) is 192 Å². The molecule has 8 heteroatoms. The lowest BCUT2D eigenvalue weighted by atomic mass is 9.83. The maximum atomic E-state index is 14.9. The highest BCUT2D eigenvalue weighted by molar-refractivity contribution is 6.41. The number of carbonyl (C=O) groups excluding carboxylic acids is 4. The van der Waals surface area contributed by atoms with Crippen LogP contribution in [0, 0.1) is 0 Å². The number of amides is 4. The average Bonchev–Trinajstić information content (AvgIpc) is 0.906. The largest absolute Gasteiger partial charge is 0.457 e. The van der Waals surface area contributed by atoms with E-state index >= 15 is 0 Å². The van der Waals surface area contributed by atoms with Crippen molar-refractivity contribution in [3.8, 4) is 44.9 Å². The van der Waals surface area contributed by atoms with E-state index in [0.29, 0.717) is 22.3 Å². The second kappa shape index (κ2) is 25.7. The van der Waals surface area contributed by atoms with E-state index in [2.05, 4.69) is 173 Å². The molecule has 0 aromatic heterocycles. The van der Waals surface area contributed by atoms with Gasteiger partial charge in [-0.25, -0.2) is 0 Å². The van der Waals surface area contributed by atoms with Gasteiger partial charge in [0, 0.05) is 56.2 Å². The molecule has 0 N–H and O–H groups in total. The fraction of sp³-hybridized carbons (Fsp3) is 0.297. The Morgan fingerprint density at radius 2 is 0.596 bits per heavy atom. The van der Waals surface area contributed by atoms with Gasteiger partial charge in [0.05, 0.1) is 0 Å². The fourth-order valence-corrected chi connectivity index (χ4v) is 18.1. The van der Waals surface area contributed by atoms with Crippen LogP contribution in [0.5, 0.6) is 11.5 Å². The van der Waals surface area contributed by atoms with Gasteiger partial charge in [-0.05, 0) is 193 Å². The predicted octanol–water partition coefficient (Wildman–Crippen LogP) is 24.6. The molecular weight excluding hydrogens is 1220 g/mol. The average molecular weight is 1300 g/mol. The Hall–Kier alpha value is -9.92. The number of fused-ring (bicyclic) bond motifs is 11. The zero-order valence-corrected chi connectivity index (χ0v) is 57.5. The first-order chi connectivity index (χ1) is 48.7. The van der Waals surface area contributed by atoms with E-state index in [1.807, 2.05) is 24.3 Å². The first-order valence-corrected chi connectivity index (χ1v) is 37.2. The molecule has 494 valence electrons. The Kier molecular flexibility index (Phi) is 16.3. The molecule has 0 atom stereocenters. The van der Waals surface area contributed by atoms with Crippen molar-refractivity contribution in [1.82, 2.24) is 9.80 Å². The second-order valence-electron chi connectivity index (χ2n) is 28.7. The number of ether oxygens (including phenoxy) is 2. The van der Waals surface area contributed by atoms with E-state index in [1.165, 1.54) is 10.8 Å². The maximum Gasteiger partial charge on any atom is 0.261 e. The Bertz CT molecular complexity index is 5120. The quantitative estimate of drug-likeness (QED) is 0.0259.